The van der Waals surface area contributed by atoms with Crippen molar-refractivity contribution in [2.75, 3.05) is 0 Å². The standard InChI is InChI=1S/C7H7IO3S.K/c1-5-2-3-6(8)7(4-5)12(9,10)11;/h2-4H,1H3,(H,9,10,11);. The van der Waals surface area contributed by atoms with Gasteiger partial charge in [0.2, 0.25) is 0 Å². The van der Waals surface area contributed by atoms with Crippen LogP contribution in [0, 0.1) is 10.5 Å². The fourth-order valence-corrected chi connectivity index (χ4v) is 2.63. The van der Waals surface area contributed by atoms with Gasteiger partial charge in [0, 0.05) is 55.0 Å². The molecule has 0 spiro atoms. The molecular weight excluding hydrogens is 330 g/mol. The van der Waals surface area contributed by atoms with E-state index in [-0.39, 0.29) is 56.3 Å². The Morgan fingerprint density at radius 2 is 1.92 bits per heavy atom. The maximum absolute atomic E-state index is 10.8. The van der Waals surface area contributed by atoms with Crippen LogP contribution in [0.5, 0.6) is 0 Å². The molecule has 0 aromatic heterocycles. The molecule has 0 aliphatic rings. The van der Waals surface area contributed by atoms with Crippen LogP contribution in [0.4, 0.5) is 0 Å². The summed E-state index contributed by atoms with van der Waals surface area (Å²) in [5, 5.41) is 0. The number of aryl methyl sites for hydroxylation is 1. The zero-order valence-corrected chi connectivity index (χ0v) is 13.4. The van der Waals surface area contributed by atoms with Gasteiger partial charge in [0.25, 0.3) is 10.1 Å². The monoisotopic (exact) mass is 337 g/mol. The largest absolute Gasteiger partial charge is 0.295 e. The molecule has 1 N–H and O–H groups in total. The number of hydrogen-bond acceptors (Lipinski definition) is 2. The van der Waals surface area contributed by atoms with Crippen LogP contribution >= 0.6 is 22.6 Å². The molecular formula is C7H7IKO3S. The maximum Gasteiger partial charge on any atom is 0.295 e. The Kier molecular flexibility index (Phi) is 6.18. The van der Waals surface area contributed by atoms with Crippen LogP contribution in [0.2, 0.25) is 0 Å². The van der Waals surface area contributed by atoms with E-state index in [1.165, 1.54) is 6.07 Å². The molecule has 6 heteroatoms. The third kappa shape index (κ3) is 4.25. The Balaban J connectivity index is 0.00000144. The second-order valence-corrected chi connectivity index (χ2v) is 4.96. The van der Waals surface area contributed by atoms with Crippen LogP contribution in [-0.2, 0) is 10.1 Å². The SMILES string of the molecule is Cc1ccc(I)c(S(=O)(=O)O)c1.[K]. The molecule has 0 atom stereocenters. The molecule has 1 radical (unpaired) electrons. The number of rotatable bonds is 1. The smallest absolute Gasteiger partial charge is 0.282 e. The predicted molar refractivity (Wildman–Crippen MR) is 59.5 cm³/mol. The van der Waals surface area contributed by atoms with Crippen LogP contribution in [0.25, 0.3) is 0 Å². The summed E-state index contributed by atoms with van der Waals surface area (Å²) in [7, 11) is -4.06. The molecule has 0 aliphatic heterocycles. The van der Waals surface area contributed by atoms with Crippen molar-refractivity contribution < 1.29 is 13.0 Å². The Hall–Kier alpha value is 1.50. The first-order valence-electron chi connectivity index (χ1n) is 3.15. The summed E-state index contributed by atoms with van der Waals surface area (Å²) >= 11 is 1.86. The number of hydrogen-bond donors (Lipinski definition) is 1. The predicted octanol–water partition coefficient (Wildman–Crippen LogP) is 1.47. The van der Waals surface area contributed by atoms with E-state index in [9.17, 15) is 8.42 Å². The summed E-state index contributed by atoms with van der Waals surface area (Å²) < 4.78 is 30.8. The van der Waals surface area contributed by atoms with Crippen LogP contribution in [0.15, 0.2) is 23.1 Å². The van der Waals surface area contributed by atoms with Gasteiger partial charge in [-0.25, -0.2) is 0 Å². The topological polar surface area (TPSA) is 54.4 Å². The van der Waals surface area contributed by atoms with Crippen molar-refractivity contribution in [2.45, 2.75) is 11.8 Å². The Labute approximate surface area is 134 Å². The first-order valence-corrected chi connectivity index (χ1v) is 5.67. The van der Waals surface area contributed by atoms with Crippen molar-refractivity contribution in [2.24, 2.45) is 0 Å². The van der Waals surface area contributed by atoms with Crippen molar-refractivity contribution in [1.82, 2.24) is 0 Å². The number of halogens is 1. The molecule has 0 saturated heterocycles. The number of benzene rings is 1. The van der Waals surface area contributed by atoms with E-state index in [4.69, 9.17) is 4.55 Å². The van der Waals surface area contributed by atoms with E-state index < -0.39 is 10.1 Å². The van der Waals surface area contributed by atoms with E-state index in [0.717, 1.165) is 5.56 Å². The summed E-state index contributed by atoms with van der Waals surface area (Å²) in [5.41, 5.74) is 0.808. The van der Waals surface area contributed by atoms with E-state index >= 15 is 0 Å². The van der Waals surface area contributed by atoms with Gasteiger partial charge in [-0.05, 0) is 47.2 Å². The third-order valence-corrected chi connectivity index (χ3v) is 3.56. The molecule has 1 aromatic rings. The van der Waals surface area contributed by atoms with Crippen LogP contribution in [0.1, 0.15) is 5.56 Å². The zero-order chi connectivity index (χ0) is 9.35. The average Bonchev–Trinajstić information content (AvgIpc) is 1.92. The van der Waals surface area contributed by atoms with Crippen LogP contribution < -0.4 is 0 Å². The van der Waals surface area contributed by atoms with E-state index in [2.05, 4.69) is 0 Å². The van der Waals surface area contributed by atoms with Crippen molar-refractivity contribution in [3.8, 4) is 0 Å². The van der Waals surface area contributed by atoms with Gasteiger partial charge in [-0.3, -0.25) is 4.55 Å². The first-order chi connectivity index (χ1) is 5.41. The summed E-state index contributed by atoms with van der Waals surface area (Å²) in [6.45, 7) is 1.77. The van der Waals surface area contributed by atoms with Gasteiger partial charge in [-0.15, -0.1) is 0 Å². The van der Waals surface area contributed by atoms with E-state index in [1.807, 2.05) is 22.6 Å². The zero-order valence-electron chi connectivity index (χ0n) is 7.28. The third-order valence-electron chi connectivity index (χ3n) is 1.36. The van der Waals surface area contributed by atoms with Gasteiger partial charge in [0.1, 0.15) is 4.90 Å². The fraction of sp³-hybridized carbons (Fsp3) is 0.143. The van der Waals surface area contributed by atoms with Crippen molar-refractivity contribution in [1.29, 1.82) is 0 Å². The molecule has 3 nitrogen and oxygen atoms in total. The Morgan fingerprint density at radius 1 is 1.38 bits per heavy atom. The van der Waals surface area contributed by atoms with Crippen molar-refractivity contribution >= 4 is 84.1 Å². The minimum absolute atomic E-state index is 0. The van der Waals surface area contributed by atoms with Gasteiger partial charge in [-0.2, -0.15) is 8.42 Å². The molecule has 0 bridgehead atoms. The van der Waals surface area contributed by atoms with Gasteiger partial charge in [0.05, 0.1) is 0 Å². The summed E-state index contributed by atoms with van der Waals surface area (Å²) in [6, 6.07) is 4.88. The van der Waals surface area contributed by atoms with E-state index in [1.54, 1.807) is 19.1 Å². The molecule has 0 fully saturated rings. The normalized spacial score (nSPS) is 10.7. The molecule has 1 rings (SSSR count). The molecule has 1 aromatic carbocycles. The molecule has 13 heavy (non-hydrogen) atoms. The van der Waals surface area contributed by atoms with Gasteiger partial charge in [-0.1, -0.05) is 6.07 Å². The maximum atomic E-state index is 10.8. The minimum atomic E-state index is -4.06. The Bertz CT molecular complexity index is 402. The van der Waals surface area contributed by atoms with Crippen LogP contribution in [0.3, 0.4) is 0 Å². The van der Waals surface area contributed by atoms with Gasteiger partial charge < -0.3 is 0 Å². The van der Waals surface area contributed by atoms with E-state index in [0.29, 0.717) is 3.57 Å². The average molecular weight is 337 g/mol. The first kappa shape index (κ1) is 14.5. The minimum Gasteiger partial charge on any atom is -0.282 e. The van der Waals surface area contributed by atoms with Crippen molar-refractivity contribution in [3.63, 3.8) is 0 Å². The van der Waals surface area contributed by atoms with Gasteiger partial charge >= 0.3 is 0 Å². The summed E-state index contributed by atoms with van der Waals surface area (Å²) in [5.74, 6) is 0. The van der Waals surface area contributed by atoms with Crippen LogP contribution in [-0.4, -0.2) is 64.4 Å². The second kappa shape index (κ2) is 5.54. The van der Waals surface area contributed by atoms with Crippen molar-refractivity contribution in [3.05, 3.63) is 27.3 Å². The fourth-order valence-electron chi connectivity index (χ4n) is 0.808. The molecule has 0 heterocycles. The summed E-state index contributed by atoms with van der Waals surface area (Å²) in [4.78, 5) is -0.0249. The molecule has 67 valence electrons. The van der Waals surface area contributed by atoms with Gasteiger partial charge in [0.15, 0.2) is 0 Å². The molecule has 0 saturated carbocycles. The molecule has 0 unspecified atom stereocenters. The molecule has 0 aliphatic carbocycles. The second-order valence-electron chi connectivity index (χ2n) is 2.41. The summed E-state index contributed by atoms with van der Waals surface area (Å²) in [6.07, 6.45) is 0. The quantitative estimate of drug-likeness (QED) is 0.480. The molecule has 0 amide bonds. The Morgan fingerprint density at radius 3 is 2.31 bits per heavy atom.